The summed E-state index contributed by atoms with van der Waals surface area (Å²) in [6, 6.07) is 6.22. The summed E-state index contributed by atoms with van der Waals surface area (Å²) in [7, 11) is -4.14. The molecule has 2 rings (SSSR count). The van der Waals surface area contributed by atoms with E-state index in [0.717, 1.165) is 30.3 Å². The fraction of sp³-hybridized carbons (Fsp3) is 0. The third-order valence-corrected chi connectivity index (χ3v) is 4.11. The Morgan fingerprint density at radius 3 is 2.45 bits per heavy atom. The maximum Gasteiger partial charge on any atom is 0.264 e. The van der Waals surface area contributed by atoms with E-state index in [0.29, 0.717) is 0 Å². The molecule has 0 saturated heterocycles. The summed E-state index contributed by atoms with van der Waals surface area (Å²) < 4.78 is 52.6. The Labute approximate surface area is 119 Å². The van der Waals surface area contributed by atoms with Gasteiger partial charge in [-0.3, -0.25) is 4.72 Å². The van der Waals surface area contributed by atoms with E-state index in [2.05, 4.69) is 0 Å². The van der Waals surface area contributed by atoms with Crippen LogP contribution in [0.2, 0.25) is 5.02 Å². The zero-order chi connectivity index (χ0) is 14.9. The number of nitrogens with two attached hydrogens (primary N) is 1. The highest BCUT2D eigenvalue weighted by molar-refractivity contribution is 7.92. The molecule has 0 heterocycles. The number of hydrogen-bond donors (Lipinski definition) is 2. The van der Waals surface area contributed by atoms with Crippen molar-refractivity contribution in [3.05, 3.63) is 53.1 Å². The number of anilines is 2. The highest BCUT2D eigenvalue weighted by Gasteiger charge is 2.19. The molecule has 2 aromatic carbocycles. The Kier molecular flexibility index (Phi) is 3.82. The Morgan fingerprint density at radius 1 is 1.10 bits per heavy atom. The second-order valence-electron chi connectivity index (χ2n) is 3.91. The topological polar surface area (TPSA) is 72.2 Å². The average molecular weight is 319 g/mol. The molecule has 0 fully saturated rings. The van der Waals surface area contributed by atoms with Crippen LogP contribution in [0.4, 0.5) is 20.2 Å². The van der Waals surface area contributed by atoms with Crippen LogP contribution in [0.3, 0.4) is 0 Å². The van der Waals surface area contributed by atoms with Gasteiger partial charge in [0.05, 0.1) is 11.4 Å². The summed E-state index contributed by atoms with van der Waals surface area (Å²) in [4.78, 5) is -0.349. The predicted octanol–water partition coefficient (Wildman–Crippen LogP) is 3.00. The molecule has 0 unspecified atom stereocenters. The van der Waals surface area contributed by atoms with Crippen molar-refractivity contribution < 1.29 is 17.2 Å². The number of nitrogens with one attached hydrogen (secondary N) is 1. The smallest absolute Gasteiger partial charge is 0.264 e. The van der Waals surface area contributed by atoms with Gasteiger partial charge >= 0.3 is 0 Å². The maximum atomic E-state index is 13.5. The van der Waals surface area contributed by atoms with E-state index in [1.807, 2.05) is 4.72 Å². The first-order valence-corrected chi connectivity index (χ1v) is 7.18. The van der Waals surface area contributed by atoms with Crippen molar-refractivity contribution in [1.82, 2.24) is 0 Å². The van der Waals surface area contributed by atoms with Crippen LogP contribution >= 0.6 is 11.6 Å². The molecule has 0 spiro atoms. The van der Waals surface area contributed by atoms with Crippen LogP contribution in [0.15, 0.2) is 41.3 Å². The molecule has 0 aliphatic carbocycles. The van der Waals surface area contributed by atoms with Crippen LogP contribution in [-0.4, -0.2) is 8.42 Å². The molecule has 0 atom stereocenters. The summed E-state index contributed by atoms with van der Waals surface area (Å²) in [5, 5.41) is 0.163. The molecular weight excluding hydrogens is 310 g/mol. The van der Waals surface area contributed by atoms with Crippen molar-refractivity contribution in [3.8, 4) is 0 Å². The van der Waals surface area contributed by atoms with Crippen molar-refractivity contribution in [2.75, 3.05) is 10.5 Å². The number of hydrogen-bond acceptors (Lipinski definition) is 3. The molecule has 0 bridgehead atoms. The summed E-state index contributed by atoms with van der Waals surface area (Å²) in [6.45, 7) is 0. The molecule has 0 aliphatic rings. The minimum atomic E-state index is -4.14. The van der Waals surface area contributed by atoms with Gasteiger partial charge in [-0.05, 0) is 36.4 Å². The van der Waals surface area contributed by atoms with Gasteiger partial charge in [0, 0.05) is 5.02 Å². The van der Waals surface area contributed by atoms with E-state index in [-0.39, 0.29) is 21.3 Å². The fourth-order valence-electron chi connectivity index (χ4n) is 1.54. The third kappa shape index (κ3) is 3.00. The SMILES string of the molecule is Nc1cc(F)ccc1S(=O)(=O)Nc1cc(Cl)ccc1F. The monoisotopic (exact) mass is 318 g/mol. The van der Waals surface area contributed by atoms with Gasteiger partial charge in [0.1, 0.15) is 16.5 Å². The van der Waals surface area contributed by atoms with Gasteiger partial charge in [0.25, 0.3) is 10.0 Å². The predicted molar refractivity (Wildman–Crippen MR) is 73.0 cm³/mol. The summed E-state index contributed by atoms with van der Waals surface area (Å²) in [6.07, 6.45) is 0. The van der Waals surface area contributed by atoms with Crippen molar-refractivity contribution in [3.63, 3.8) is 0 Å². The van der Waals surface area contributed by atoms with Crippen molar-refractivity contribution >= 4 is 33.0 Å². The van der Waals surface area contributed by atoms with Gasteiger partial charge in [-0.1, -0.05) is 11.6 Å². The number of sulfonamides is 1. The fourth-order valence-corrected chi connectivity index (χ4v) is 2.88. The second kappa shape index (κ2) is 5.26. The molecule has 20 heavy (non-hydrogen) atoms. The second-order valence-corrected chi connectivity index (χ2v) is 6.00. The number of halogens is 3. The molecule has 106 valence electrons. The van der Waals surface area contributed by atoms with Crippen LogP contribution in [0.5, 0.6) is 0 Å². The third-order valence-electron chi connectivity index (χ3n) is 2.43. The molecule has 0 radical (unpaired) electrons. The molecular formula is C12H9ClF2N2O2S. The van der Waals surface area contributed by atoms with Gasteiger partial charge in [0.2, 0.25) is 0 Å². The zero-order valence-electron chi connectivity index (χ0n) is 9.90. The zero-order valence-corrected chi connectivity index (χ0v) is 11.5. The minimum Gasteiger partial charge on any atom is -0.398 e. The Hall–Kier alpha value is -1.86. The lowest BCUT2D eigenvalue weighted by atomic mass is 10.3. The van der Waals surface area contributed by atoms with E-state index < -0.39 is 21.7 Å². The molecule has 3 N–H and O–H groups in total. The van der Waals surface area contributed by atoms with E-state index in [1.54, 1.807) is 0 Å². The summed E-state index contributed by atoms with van der Waals surface area (Å²) in [5.41, 5.74) is 4.85. The first kappa shape index (κ1) is 14.5. The molecule has 8 heteroatoms. The first-order chi connectivity index (χ1) is 9.29. The van der Waals surface area contributed by atoms with Crippen molar-refractivity contribution in [2.45, 2.75) is 4.90 Å². The van der Waals surface area contributed by atoms with Gasteiger partial charge in [-0.15, -0.1) is 0 Å². The minimum absolute atomic E-state index is 0.163. The first-order valence-electron chi connectivity index (χ1n) is 5.32. The highest BCUT2D eigenvalue weighted by Crippen LogP contribution is 2.25. The van der Waals surface area contributed by atoms with E-state index in [9.17, 15) is 17.2 Å². The Balaban J connectivity index is 2.43. The van der Waals surface area contributed by atoms with Gasteiger partial charge in [0.15, 0.2) is 0 Å². The lowest BCUT2D eigenvalue weighted by Crippen LogP contribution is -2.15. The number of benzene rings is 2. The highest BCUT2D eigenvalue weighted by atomic mass is 35.5. The van der Waals surface area contributed by atoms with E-state index >= 15 is 0 Å². The van der Waals surface area contributed by atoms with Crippen LogP contribution in [0, 0.1) is 11.6 Å². The standard InChI is InChI=1S/C12H9ClF2N2O2S/c13-7-1-3-9(15)11(5-7)17-20(18,19)12-4-2-8(14)6-10(12)16/h1-6,17H,16H2. The summed E-state index contributed by atoms with van der Waals surface area (Å²) in [5.74, 6) is -1.46. The van der Waals surface area contributed by atoms with Crippen molar-refractivity contribution in [1.29, 1.82) is 0 Å². The van der Waals surface area contributed by atoms with Crippen LogP contribution in [0.1, 0.15) is 0 Å². The molecule has 0 saturated carbocycles. The maximum absolute atomic E-state index is 13.5. The average Bonchev–Trinajstić information content (AvgIpc) is 2.33. The Morgan fingerprint density at radius 2 is 1.80 bits per heavy atom. The molecule has 0 aliphatic heterocycles. The van der Waals surface area contributed by atoms with Gasteiger partial charge in [-0.2, -0.15) is 0 Å². The molecule has 2 aromatic rings. The number of nitrogen functional groups attached to an aromatic ring is 1. The molecule has 0 aromatic heterocycles. The van der Waals surface area contributed by atoms with E-state index in [4.69, 9.17) is 17.3 Å². The van der Waals surface area contributed by atoms with Crippen LogP contribution in [-0.2, 0) is 10.0 Å². The molecule has 0 amide bonds. The largest absolute Gasteiger partial charge is 0.398 e. The van der Waals surface area contributed by atoms with E-state index in [1.165, 1.54) is 6.07 Å². The van der Waals surface area contributed by atoms with Crippen LogP contribution in [0.25, 0.3) is 0 Å². The van der Waals surface area contributed by atoms with Crippen molar-refractivity contribution in [2.24, 2.45) is 0 Å². The Bertz CT molecular complexity index is 766. The molecule has 4 nitrogen and oxygen atoms in total. The van der Waals surface area contributed by atoms with Gasteiger partial charge < -0.3 is 5.73 Å². The van der Waals surface area contributed by atoms with Crippen LogP contribution < -0.4 is 10.5 Å². The number of rotatable bonds is 3. The quantitative estimate of drug-likeness (QED) is 0.854. The summed E-state index contributed by atoms with van der Waals surface area (Å²) >= 11 is 5.67. The lowest BCUT2D eigenvalue weighted by Gasteiger charge is -2.11. The normalized spacial score (nSPS) is 11.3. The lowest BCUT2D eigenvalue weighted by molar-refractivity contribution is 0.598. The van der Waals surface area contributed by atoms with Gasteiger partial charge in [-0.25, -0.2) is 17.2 Å².